The van der Waals surface area contributed by atoms with Crippen molar-refractivity contribution >= 4 is 23.3 Å². The second-order valence-corrected chi connectivity index (χ2v) is 7.85. The lowest BCUT2D eigenvalue weighted by Crippen LogP contribution is -2.26. The smallest absolute Gasteiger partial charge is 0.224 e. The number of nitriles is 1. The molecule has 1 aliphatic heterocycles. The number of benzene rings is 2. The highest BCUT2D eigenvalue weighted by molar-refractivity contribution is 6.32. The first kappa shape index (κ1) is 22.4. The fraction of sp³-hybridized carbons (Fsp3) is 0.261. The molecule has 4 rings (SSSR count). The van der Waals surface area contributed by atoms with Crippen molar-refractivity contribution in [1.29, 1.82) is 5.26 Å². The number of aryl methyl sites for hydroxylation is 1. The van der Waals surface area contributed by atoms with Gasteiger partial charge in [-0.05, 0) is 54.8 Å². The first-order chi connectivity index (χ1) is 16.0. The van der Waals surface area contributed by atoms with Crippen LogP contribution in [0.15, 0.2) is 36.4 Å². The van der Waals surface area contributed by atoms with Gasteiger partial charge in [-0.2, -0.15) is 10.4 Å². The molecule has 1 aliphatic rings. The van der Waals surface area contributed by atoms with E-state index in [0.29, 0.717) is 60.5 Å². The fourth-order valence-electron chi connectivity index (χ4n) is 3.55. The number of nitrogen functional groups attached to an aromatic ring is 1. The number of hydrogen-bond acceptors (Lipinski definition) is 6. The lowest BCUT2D eigenvalue weighted by Gasteiger charge is -2.20. The SMILES string of the molecule is N#Cc1c(CCCNC(=O)Cc2cc(Cl)c3c(c2)OCCO3)nn(-c2ccc(F)cc2)c1N. The second-order valence-electron chi connectivity index (χ2n) is 7.44. The lowest BCUT2D eigenvalue weighted by atomic mass is 10.1. The van der Waals surface area contributed by atoms with Gasteiger partial charge in [-0.25, -0.2) is 9.07 Å². The van der Waals surface area contributed by atoms with Crippen LogP contribution in [0.1, 0.15) is 23.2 Å². The predicted octanol–water partition coefficient (Wildman–Crippen LogP) is 3.18. The number of nitrogens with two attached hydrogens (primary N) is 1. The molecular weight excluding hydrogens is 449 g/mol. The summed E-state index contributed by atoms with van der Waals surface area (Å²) in [6.07, 6.45) is 1.14. The highest BCUT2D eigenvalue weighted by Gasteiger charge is 2.18. The summed E-state index contributed by atoms with van der Waals surface area (Å²) in [6, 6.07) is 11.2. The van der Waals surface area contributed by atoms with Gasteiger partial charge in [0.05, 0.1) is 22.8 Å². The summed E-state index contributed by atoms with van der Waals surface area (Å²) in [4.78, 5) is 12.3. The Bertz CT molecular complexity index is 1220. The molecule has 8 nitrogen and oxygen atoms in total. The van der Waals surface area contributed by atoms with E-state index >= 15 is 0 Å². The molecule has 3 aromatic rings. The summed E-state index contributed by atoms with van der Waals surface area (Å²) >= 11 is 6.22. The molecule has 2 heterocycles. The summed E-state index contributed by atoms with van der Waals surface area (Å²) in [6.45, 7) is 1.27. The largest absolute Gasteiger partial charge is 0.486 e. The van der Waals surface area contributed by atoms with Crippen molar-refractivity contribution in [2.45, 2.75) is 19.3 Å². The molecule has 0 bridgehead atoms. The van der Waals surface area contributed by atoms with Crippen molar-refractivity contribution in [2.75, 3.05) is 25.5 Å². The van der Waals surface area contributed by atoms with Crippen molar-refractivity contribution < 1.29 is 18.7 Å². The Morgan fingerprint density at radius 2 is 2.03 bits per heavy atom. The molecule has 170 valence electrons. The van der Waals surface area contributed by atoms with E-state index in [2.05, 4.69) is 16.5 Å². The minimum absolute atomic E-state index is 0.145. The van der Waals surface area contributed by atoms with Crippen molar-refractivity contribution in [3.63, 3.8) is 0 Å². The molecule has 3 N–H and O–H groups in total. The van der Waals surface area contributed by atoms with E-state index in [1.54, 1.807) is 12.1 Å². The van der Waals surface area contributed by atoms with Crippen LogP contribution in [0, 0.1) is 17.1 Å². The Kier molecular flexibility index (Phi) is 6.66. The standard InChI is InChI=1S/C23H21ClFN5O3/c24-18-10-14(11-20-22(18)33-9-8-32-20)12-21(31)28-7-1-2-19-17(13-26)23(27)30(29-19)16-5-3-15(25)4-6-16/h3-6,10-11H,1-2,7-9,12,27H2,(H,28,31). The molecule has 10 heteroatoms. The molecule has 0 saturated carbocycles. The van der Waals surface area contributed by atoms with Gasteiger partial charge in [-0.3, -0.25) is 4.79 Å². The molecule has 0 spiro atoms. The van der Waals surface area contributed by atoms with Gasteiger partial charge in [0, 0.05) is 6.54 Å². The summed E-state index contributed by atoms with van der Waals surface area (Å²) in [5.74, 6) is 0.687. The van der Waals surface area contributed by atoms with Crippen LogP contribution in [0.3, 0.4) is 0 Å². The first-order valence-corrected chi connectivity index (χ1v) is 10.7. The van der Waals surface area contributed by atoms with Gasteiger partial charge in [-0.15, -0.1) is 0 Å². The summed E-state index contributed by atoms with van der Waals surface area (Å²) in [5, 5.41) is 17.1. The molecule has 1 amide bonds. The number of halogens is 2. The summed E-state index contributed by atoms with van der Waals surface area (Å²) in [7, 11) is 0. The van der Waals surface area contributed by atoms with E-state index in [9.17, 15) is 14.4 Å². The minimum atomic E-state index is -0.375. The van der Waals surface area contributed by atoms with E-state index in [1.165, 1.54) is 28.9 Å². The molecule has 0 fully saturated rings. The number of carbonyl (C=O) groups is 1. The number of nitrogens with zero attached hydrogens (tertiary/aromatic N) is 3. The number of rotatable bonds is 7. The zero-order chi connectivity index (χ0) is 23.4. The van der Waals surface area contributed by atoms with E-state index in [4.69, 9.17) is 26.8 Å². The van der Waals surface area contributed by atoms with Gasteiger partial charge in [0.25, 0.3) is 0 Å². The molecule has 2 aromatic carbocycles. The van der Waals surface area contributed by atoms with Crippen LogP contribution < -0.4 is 20.5 Å². The number of ether oxygens (including phenoxy) is 2. The number of fused-ring (bicyclic) bond motifs is 1. The van der Waals surface area contributed by atoms with E-state index in [0.717, 1.165) is 5.56 Å². The van der Waals surface area contributed by atoms with Crippen LogP contribution in [0.5, 0.6) is 11.5 Å². The maximum Gasteiger partial charge on any atom is 0.224 e. The number of amides is 1. The van der Waals surface area contributed by atoms with E-state index < -0.39 is 0 Å². The van der Waals surface area contributed by atoms with Crippen LogP contribution in [-0.2, 0) is 17.6 Å². The number of anilines is 1. The average Bonchev–Trinajstić information content (AvgIpc) is 3.12. The molecule has 0 radical (unpaired) electrons. The third-order valence-electron chi connectivity index (χ3n) is 5.11. The second kappa shape index (κ2) is 9.79. The number of hydrogen-bond donors (Lipinski definition) is 2. The topological polar surface area (TPSA) is 115 Å². The van der Waals surface area contributed by atoms with Gasteiger partial charge in [-0.1, -0.05) is 11.6 Å². The highest BCUT2D eigenvalue weighted by Crippen LogP contribution is 2.38. The monoisotopic (exact) mass is 469 g/mol. The number of carbonyl (C=O) groups excluding carboxylic acids is 1. The van der Waals surface area contributed by atoms with Crippen molar-refractivity contribution in [3.05, 3.63) is 64.1 Å². The van der Waals surface area contributed by atoms with Gasteiger partial charge in [0.1, 0.15) is 36.5 Å². The maximum atomic E-state index is 13.2. The molecule has 33 heavy (non-hydrogen) atoms. The van der Waals surface area contributed by atoms with Gasteiger partial charge < -0.3 is 20.5 Å². The van der Waals surface area contributed by atoms with Gasteiger partial charge in [0.2, 0.25) is 5.91 Å². The molecular formula is C23H21ClFN5O3. The Hall–Kier alpha value is -3.77. The molecule has 0 aliphatic carbocycles. The Morgan fingerprint density at radius 3 is 2.79 bits per heavy atom. The normalized spacial score (nSPS) is 12.3. The third kappa shape index (κ3) is 5.02. The zero-order valence-electron chi connectivity index (χ0n) is 17.6. The van der Waals surface area contributed by atoms with Gasteiger partial charge >= 0.3 is 0 Å². The molecule has 0 unspecified atom stereocenters. The highest BCUT2D eigenvalue weighted by atomic mass is 35.5. The Morgan fingerprint density at radius 1 is 1.27 bits per heavy atom. The van der Waals surface area contributed by atoms with Gasteiger partial charge in [0.15, 0.2) is 11.5 Å². The Balaban J connectivity index is 1.33. The van der Waals surface area contributed by atoms with Crippen molar-refractivity contribution in [3.8, 4) is 23.3 Å². The van der Waals surface area contributed by atoms with Crippen LogP contribution in [0.2, 0.25) is 5.02 Å². The van der Waals surface area contributed by atoms with E-state index in [-0.39, 0.29) is 29.5 Å². The predicted molar refractivity (Wildman–Crippen MR) is 120 cm³/mol. The van der Waals surface area contributed by atoms with Crippen LogP contribution >= 0.6 is 11.6 Å². The lowest BCUT2D eigenvalue weighted by molar-refractivity contribution is -0.120. The summed E-state index contributed by atoms with van der Waals surface area (Å²) in [5.41, 5.74) is 8.14. The quantitative estimate of drug-likeness (QED) is 0.513. The third-order valence-corrected chi connectivity index (χ3v) is 5.39. The van der Waals surface area contributed by atoms with Crippen molar-refractivity contribution in [2.24, 2.45) is 0 Å². The average molecular weight is 470 g/mol. The molecule has 1 aromatic heterocycles. The van der Waals surface area contributed by atoms with Crippen molar-refractivity contribution in [1.82, 2.24) is 15.1 Å². The zero-order valence-corrected chi connectivity index (χ0v) is 18.4. The molecule has 0 atom stereocenters. The van der Waals surface area contributed by atoms with Crippen LogP contribution in [0.25, 0.3) is 5.69 Å². The summed E-state index contributed by atoms with van der Waals surface area (Å²) < 4.78 is 25.6. The fourth-order valence-corrected chi connectivity index (χ4v) is 3.84. The van der Waals surface area contributed by atoms with Crippen LogP contribution in [0.4, 0.5) is 10.2 Å². The minimum Gasteiger partial charge on any atom is -0.486 e. The Labute approximate surface area is 194 Å². The van der Waals surface area contributed by atoms with E-state index in [1.807, 2.05) is 0 Å². The van der Waals surface area contributed by atoms with Crippen LogP contribution in [-0.4, -0.2) is 35.4 Å². The molecule has 0 saturated heterocycles. The number of nitrogens with one attached hydrogen (secondary N) is 1. The maximum absolute atomic E-state index is 13.2. The first-order valence-electron chi connectivity index (χ1n) is 10.3. The number of aromatic nitrogens is 2.